The summed E-state index contributed by atoms with van der Waals surface area (Å²) in [6.45, 7) is 3.59. The number of nitrogens with zero attached hydrogens (tertiary/aromatic N) is 2. The Morgan fingerprint density at radius 3 is 2.87 bits per heavy atom. The van der Waals surface area contributed by atoms with Crippen LogP contribution in [-0.2, 0) is 0 Å². The first kappa shape index (κ1) is 20.5. The number of ether oxygens (including phenoxy) is 2. The molecule has 1 aromatic carbocycles. The van der Waals surface area contributed by atoms with Gasteiger partial charge in [-0.15, -0.1) is 0 Å². The second-order valence-corrected chi connectivity index (χ2v) is 7.72. The summed E-state index contributed by atoms with van der Waals surface area (Å²) in [5.41, 5.74) is 9.16. The molecule has 0 spiro atoms. The zero-order chi connectivity index (χ0) is 21.4. The van der Waals surface area contributed by atoms with Crippen LogP contribution in [0.2, 0.25) is 5.02 Å². The molecule has 0 aliphatic carbocycles. The molecule has 0 radical (unpaired) electrons. The maximum absolute atomic E-state index is 14.1. The Bertz CT molecular complexity index is 1130. The van der Waals surface area contributed by atoms with Crippen LogP contribution in [0.5, 0.6) is 11.5 Å². The van der Waals surface area contributed by atoms with Crippen LogP contribution in [0, 0.1) is 5.82 Å². The van der Waals surface area contributed by atoms with Gasteiger partial charge < -0.3 is 24.5 Å². The first-order valence-corrected chi connectivity index (χ1v) is 10.0. The van der Waals surface area contributed by atoms with Crippen LogP contribution in [0.4, 0.5) is 10.2 Å². The largest absolute Gasteiger partial charge is 0.496 e. The Labute approximate surface area is 179 Å². The van der Waals surface area contributed by atoms with E-state index in [0.29, 0.717) is 22.6 Å². The minimum Gasteiger partial charge on any atom is -0.496 e. The number of hydrogen-bond donors (Lipinski definition) is 1. The molecule has 0 saturated carbocycles. The number of hydrogen-bond acceptors (Lipinski definition) is 6. The minimum absolute atomic E-state index is 0.0582. The highest BCUT2D eigenvalue weighted by Gasteiger charge is 2.24. The minimum atomic E-state index is -0.658. The van der Waals surface area contributed by atoms with Crippen molar-refractivity contribution in [2.45, 2.75) is 19.4 Å². The van der Waals surface area contributed by atoms with E-state index >= 15 is 0 Å². The molecule has 2 N–H and O–H groups in total. The lowest BCUT2D eigenvalue weighted by Gasteiger charge is -2.21. The van der Waals surface area contributed by atoms with Crippen LogP contribution < -0.4 is 15.2 Å². The average molecular weight is 432 g/mol. The second-order valence-electron chi connectivity index (χ2n) is 7.34. The summed E-state index contributed by atoms with van der Waals surface area (Å²) >= 11 is 6.20. The quantitative estimate of drug-likeness (QED) is 0.608. The third-order valence-electron chi connectivity index (χ3n) is 5.37. The summed E-state index contributed by atoms with van der Waals surface area (Å²) in [5, 5.41) is 0.761. The third-order valence-corrected chi connectivity index (χ3v) is 5.76. The average Bonchev–Trinajstić information content (AvgIpc) is 3.16. The van der Waals surface area contributed by atoms with Gasteiger partial charge in [0.1, 0.15) is 17.7 Å². The number of nitrogen functional groups attached to an aromatic ring is 1. The number of likely N-dealkylation sites (N-methyl/N-ethyl adjacent to an activating group) is 1. The summed E-state index contributed by atoms with van der Waals surface area (Å²) in [7, 11) is 3.58. The Morgan fingerprint density at radius 2 is 2.17 bits per heavy atom. The van der Waals surface area contributed by atoms with Gasteiger partial charge >= 0.3 is 0 Å². The smallest absolute Gasteiger partial charge is 0.205 e. The number of benzene rings is 1. The molecule has 158 valence electrons. The second kappa shape index (κ2) is 8.16. The van der Waals surface area contributed by atoms with E-state index in [1.165, 1.54) is 24.8 Å². The van der Waals surface area contributed by atoms with Gasteiger partial charge in [-0.05, 0) is 38.1 Å². The summed E-state index contributed by atoms with van der Waals surface area (Å²) < 4.78 is 31.3. The van der Waals surface area contributed by atoms with Gasteiger partial charge in [-0.1, -0.05) is 17.7 Å². The van der Waals surface area contributed by atoms with Gasteiger partial charge in [0.15, 0.2) is 11.4 Å². The predicted octanol–water partition coefficient (Wildman–Crippen LogP) is 5.07. The summed E-state index contributed by atoms with van der Waals surface area (Å²) in [4.78, 5) is 6.54. The molecule has 2 aromatic heterocycles. The molecule has 6 nitrogen and oxygen atoms in total. The van der Waals surface area contributed by atoms with E-state index in [4.69, 9.17) is 31.2 Å². The van der Waals surface area contributed by atoms with Gasteiger partial charge in [0.05, 0.1) is 29.3 Å². The number of methoxy groups -OCH3 is 1. The number of rotatable bonds is 5. The van der Waals surface area contributed by atoms with Crippen molar-refractivity contribution < 1.29 is 18.3 Å². The molecule has 0 unspecified atom stereocenters. The Balaban J connectivity index is 1.74. The van der Waals surface area contributed by atoms with Crippen molar-refractivity contribution in [2.24, 2.45) is 0 Å². The van der Waals surface area contributed by atoms with Gasteiger partial charge in [-0.25, -0.2) is 9.37 Å². The van der Waals surface area contributed by atoms with Crippen molar-refractivity contribution in [1.29, 1.82) is 0 Å². The molecule has 8 heteroatoms. The summed E-state index contributed by atoms with van der Waals surface area (Å²) in [5.74, 6) is 0.340. The van der Waals surface area contributed by atoms with Gasteiger partial charge in [0.2, 0.25) is 5.75 Å². The standard InChI is InChI=1S/C22H23ClFN3O3/c1-12(18-17(28-3)5-4-16(24)19(18)23)30-21-20-14(10-26-22(21)25)15(11-29-20)13-6-8-27(2)9-7-13/h4-6,10-12H,7-9H2,1-3H3,(H2,25,26)/t12-/m1/s1. The van der Waals surface area contributed by atoms with E-state index in [0.717, 1.165) is 30.5 Å². The highest BCUT2D eigenvalue weighted by atomic mass is 35.5. The molecule has 3 heterocycles. The van der Waals surface area contributed by atoms with Gasteiger partial charge in [-0.3, -0.25) is 0 Å². The van der Waals surface area contributed by atoms with E-state index in [9.17, 15) is 4.39 Å². The fourth-order valence-corrected chi connectivity index (χ4v) is 4.01. The van der Waals surface area contributed by atoms with Gasteiger partial charge in [0.25, 0.3) is 0 Å². The number of halogens is 2. The molecule has 1 aliphatic rings. The van der Waals surface area contributed by atoms with Crippen molar-refractivity contribution in [3.05, 3.63) is 52.6 Å². The number of aromatic nitrogens is 1. The highest BCUT2D eigenvalue weighted by molar-refractivity contribution is 6.31. The van der Waals surface area contributed by atoms with E-state index in [1.54, 1.807) is 19.4 Å². The van der Waals surface area contributed by atoms with E-state index in [2.05, 4.69) is 23.0 Å². The molecular weight excluding hydrogens is 409 g/mol. The van der Waals surface area contributed by atoms with Crippen molar-refractivity contribution in [1.82, 2.24) is 9.88 Å². The van der Waals surface area contributed by atoms with E-state index in [1.807, 2.05) is 0 Å². The SMILES string of the molecule is COc1ccc(F)c(Cl)c1[C@@H](C)Oc1c(N)ncc2c(C3=CCN(C)CC3)coc12. The predicted molar refractivity (Wildman–Crippen MR) is 116 cm³/mol. The molecule has 0 bridgehead atoms. The van der Waals surface area contributed by atoms with Crippen LogP contribution in [0.25, 0.3) is 16.5 Å². The molecule has 30 heavy (non-hydrogen) atoms. The summed E-state index contributed by atoms with van der Waals surface area (Å²) in [6.07, 6.45) is 5.84. The molecule has 3 aromatic rings. The van der Waals surface area contributed by atoms with E-state index < -0.39 is 11.9 Å². The van der Waals surface area contributed by atoms with Gasteiger partial charge in [0, 0.05) is 24.8 Å². The molecular formula is C22H23ClFN3O3. The van der Waals surface area contributed by atoms with Gasteiger partial charge in [-0.2, -0.15) is 0 Å². The number of pyridine rings is 1. The van der Waals surface area contributed by atoms with Crippen LogP contribution in [0.15, 0.2) is 35.1 Å². The number of nitrogens with two attached hydrogens (primary N) is 1. The molecule has 0 saturated heterocycles. The number of anilines is 1. The Hall–Kier alpha value is -2.77. The highest BCUT2D eigenvalue weighted by Crippen LogP contribution is 2.41. The first-order chi connectivity index (χ1) is 14.4. The third kappa shape index (κ3) is 3.59. The van der Waals surface area contributed by atoms with Crippen LogP contribution in [0.3, 0.4) is 0 Å². The lowest BCUT2D eigenvalue weighted by atomic mass is 10.00. The Morgan fingerprint density at radius 1 is 1.37 bits per heavy atom. The number of fused-ring (bicyclic) bond motifs is 1. The number of furan rings is 1. The molecule has 4 rings (SSSR count). The topological polar surface area (TPSA) is 73.8 Å². The molecule has 1 atom stereocenters. The fraction of sp³-hybridized carbons (Fsp3) is 0.318. The maximum atomic E-state index is 14.1. The normalized spacial score (nSPS) is 15.8. The van der Waals surface area contributed by atoms with Crippen LogP contribution in [0.1, 0.15) is 30.6 Å². The van der Waals surface area contributed by atoms with Crippen LogP contribution >= 0.6 is 11.6 Å². The van der Waals surface area contributed by atoms with Crippen molar-refractivity contribution in [3.8, 4) is 11.5 Å². The monoisotopic (exact) mass is 431 g/mol. The lowest BCUT2D eigenvalue weighted by molar-refractivity contribution is 0.221. The Kier molecular flexibility index (Phi) is 5.58. The van der Waals surface area contributed by atoms with Crippen molar-refractivity contribution in [2.75, 3.05) is 33.0 Å². The van der Waals surface area contributed by atoms with Crippen LogP contribution in [-0.4, -0.2) is 37.1 Å². The zero-order valence-corrected chi connectivity index (χ0v) is 17.8. The molecule has 1 aliphatic heterocycles. The van der Waals surface area contributed by atoms with E-state index in [-0.39, 0.29) is 10.8 Å². The van der Waals surface area contributed by atoms with Crippen molar-refractivity contribution >= 4 is 34.0 Å². The maximum Gasteiger partial charge on any atom is 0.205 e. The zero-order valence-electron chi connectivity index (χ0n) is 17.0. The van der Waals surface area contributed by atoms with Crippen molar-refractivity contribution in [3.63, 3.8) is 0 Å². The first-order valence-electron chi connectivity index (χ1n) is 9.62. The summed E-state index contributed by atoms with van der Waals surface area (Å²) in [6, 6.07) is 2.76. The molecule has 0 fully saturated rings. The molecule has 0 amide bonds. The fourth-order valence-electron chi connectivity index (χ4n) is 3.70. The lowest BCUT2D eigenvalue weighted by Crippen LogP contribution is -2.23.